The quantitative estimate of drug-likeness (QED) is 0.791. The molecule has 1 aliphatic carbocycles. The number of rotatable bonds is 5. The number of hydrogen-bond acceptors (Lipinski definition) is 3. The van der Waals surface area contributed by atoms with Crippen LogP contribution in [-0.2, 0) is 15.0 Å². The number of likely N-dealkylation sites (tertiary alicyclic amines) is 1. The molecular formula is C22H32ClN3O2. The molecule has 1 aromatic carbocycles. The lowest BCUT2D eigenvalue weighted by molar-refractivity contribution is -0.135. The van der Waals surface area contributed by atoms with Crippen LogP contribution in [0.5, 0.6) is 0 Å². The molecule has 0 aromatic heterocycles. The van der Waals surface area contributed by atoms with Gasteiger partial charge in [-0.3, -0.25) is 9.59 Å². The van der Waals surface area contributed by atoms with E-state index in [-0.39, 0.29) is 29.8 Å². The Hall–Kier alpha value is -1.59. The van der Waals surface area contributed by atoms with E-state index in [1.807, 2.05) is 12.1 Å². The highest BCUT2D eigenvalue weighted by Crippen LogP contribution is 2.51. The fourth-order valence-electron chi connectivity index (χ4n) is 4.83. The summed E-state index contributed by atoms with van der Waals surface area (Å²) in [7, 11) is 0. The minimum atomic E-state index is -0.287. The van der Waals surface area contributed by atoms with Crippen molar-refractivity contribution >= 4 is 24.2 Å². The minimum absolute atomic E-state index is 0. The Morgan fingerprint density at radius 2 is 2.00 bits per heavy atom. The molecular weight excluding hydrogens is 374 g/mol. The standard InChI is InChI=1S/C22H31N3O2.ClH/c1-16-6-2-3-8-18(16)22(10-11-22)21(27)25-13-5-7-17(15-25)14-24-20(26)19-9-4-12-23-19;/h2-3,6,8,17,19,23H,4-5,7,9-15H2,1H3,(H,24,26);1H. The highest BCUT2D eigenvalue weighted by Gasteiger charge is 2.53. The number of nitrogens with zero attached hydrogens (tertiary/aromatic N) is 1. The molecule has 3 aliphatic rings. The normalized spacial score (nSPS) is 25.7. The van der Waals surface area contributed by atoms with E-state index in [1.54, 1.807) is 0 Å². The molecule has 0 bridgehead atoms. The van der Waals surface area contributed by atoms with Crippen molar-refractivity contribution in [3.63, 3.8) is 0 Å². The number of benzene rings is 1. The van der Waals surface area contributed by atoms with Crippen LogP contribution in [0.1, 0.15) is 49.7 Å². The SMILES string of the molecule is Cc1ccccc1C1(C(=O)N2CCCC(CNC(=O)C3CCCN3)C2)CC1.Cl. The first-order valence-corrected chi connectivity index (χ1v) is 10.5. The van der Waals surface area contributed by atoms with Crippen molar-refractivity contribution in [3.8, 4) is 0 Å². The molecule has 0 spiro atoms. The van der Waals surface area contributed by atoms with Gasteiger partial charge in [-0.1, -0.05) is 24.3 Å². The molecule has 1 saturated carbocycles. The van der Waals surface area contributed by atoms with Crippen molar-refractivity contribution in [2.24, 2.45) is 5.92 Å². The molecule has 2 unspecified atom stereocenters. The summed E-state index contributed by atoms with van der Waals surface area (Å²) < 4.78 is 0. The van der Waals surface area contributed by atoms with Gasteiger partial charge in [0.05, 0.1) is 11.5 Å². The van der Waals surface area contributed by atoms with Crippen LogP contribution in [0.3, 0.4) is 0 Å². The molecule has 2 N–H and O–H groups in total. The zero-order valence-electron chi connectivity index (χ0n) is 16.7. The lowest BCUT2D eigenvalue weighted by Crippen LogP contribution is -2.49. The molecule has 3 fully saturated rings. The molecule has 2 saturated heterocycles. The van der Waals surface area contributed by atoms with E-state index in [0.717, 1.165) is 58.2 Å². The second-order valence-electron chi connectivity index (χ2n) is 8.55. The van der Waals surface area contributed by atoms with E-state index < -0.39 is 0 Å². The highest BCUT2D eigenvalue weighted by molar-refractivity contribution is 5.91. The topological polar surface area (TPSA) is 61.4 Å². The molecule has 2 heterocycles. The maximum absolute atomic E-state index is 13.4. The second-order valence-corrected chi connectivity index (χ2v) is 8.55. The molecule has 2 amide bonds. The predicted octanol–water partition coefficient (Wildman–Crippen LogP) is 2.56. The van der Waals surface area contributed by atoms with Gasteiger partial charge in [-0.15, -0.1) is 12.4 Å². The number of aryl methyl sites for hydroxylation is 1. The van der Waals surface area contributed by atoms with Crippen molar-refractivity contribution < 1.29 is 9.59 Å². The van der Waals surface area contributed by atoms with E-state index in [4.69, 9.17) is 0 Å². The van der Waals surface area contributed by atoms with Crippen LogP contribution in [0.25, 0.3) is 0 Å². The molecule has 2 atom stereocenters. The zero-order chi connectivity index (χ0) is 18.9. The molecule has 2 aliphatic heterocycles. The third-order valence-corrected chi connectivity index (χ3v) is 6.57. The summed E-state index contributed by atoms with van der Waals surface area (Å²) in [4.78, 5) is 27.7. The van der Waals surface area contributed by atoms with Gasteiger partial charge in [0.1, 0.15) is 0 Å². The van der Waals surface area contributed by atoms with E-state index in [0.29, 0.717) is 18.4 Å². The first-order valence-electron chi connectivity index (χ1n) is 10.5. The first-order chi connectivity index (χ1) is 13.1. The van der Waals surface area contributed by atoms with Crippen LogP contribution >= 0.6 is 12.4 Å². The van der Waals surface area contributed by atoms with Gasteiger partial charge in [0.25, 0.3) is 0 Å². The number of halogens is 1. The minimum Gasteiger partial charge on any atom is -0.354 e. The summed E-state index contributed by atoms with van der Waals surface area (Å²) in [6.45, 7) is 5.34. The Morgan fingerprint density at radius 3 is 2.68 bits per heavy atom. The van der Waals surface area contributed by atoms with Gasteiger partial charge in [0.2, 0.25) is 11.8 Å². The monoisotopic (exact) mass is 405 g/mol. The average Bonchev–Trinajstić information content (AvgIpc) is 3.30. The number of piperidine rings is 1. The summed E-state index contributed by atoms with van der Waals surface area (Å²) >= 11 is 0. The number of nitrogens with one attached hydrogen (secondary N) is 2. The summed E-state index contributed by atoms with van der Waals surface area (Å²) in [6, 6.07) is 8.28. The number of amides is 2. The molecule has 1 aromatic rings. The van der Waals surface area contributed by atoms with E-state index in [9.17, 15) is 9.59 Å². The van der Waals surface area contributed by atoms with Crippen LogP contribution in [-0.4, -0.2) is 48.9 Å². The molecule has 154 valence electrons. The number of hydrogen-bond donors (Lipinski definition) is 2. The third-order valence-electron chi connectivity index (χ3n) is 6.57. The van der Waals surface area contributed by atoms with Gasteiger partial charge in [-0.05, 0) is 69.0 Å². The molecule has 4 rings (SSSR count). The largest absolute Gasteiger partial charge is 0.354 e. The molecule has 28 heavy (non-hydrogen) atoms. The van der Waals surface area contributed by atoms with Crippen LogP contribution in [0.4, 0.5) is 0 Å². The lowest BCUT2D eigenvalue weighted by atomic mass is 9.89. The maximum atomic E-state index is 13.4. The van der Waals surface area contributed by atoms with Crippen LogP contribution < -0.4 is 10.6 Å². The van der Waals surface area contributed by atoms with Crippen LogP contribution in [0, 0.1) is 12.8 Å². The summed E-state index contributed by atoms with van der Waals surface area (Å²) in [5, 5.41) is 6.36. The van der Waals surface area contributed by atoms with Crippen LogP contribution in [0.15, 0.2) is 24.3 Å². The van der Waals surface area contributed by atoms with Gasteiger partial charge >= 0.3 is 0 Å². The van der Waals surface area contributed by atoms with Crippen molar-refractivity contribution in [1.82, 2.24) is 15.5 Å². The van der Waals surface area contributed by atoms with Crippen molar-refractivity contribution in [2.75, 3.05) is 26.2 Å². The molecule has 0 radical (unpaired) electrons. The average molecular weight is 406 g/mol. The first kappa shape index (κ1) is 21.1. The van der Waals surface area contributed by atoms with Crippen LogP contribution in [0.2, 0.25) is 0 Å². The van der Waals surface area contributed by atoms with Gasteiger partial charge in [-0.25, -0.2) is 0 Å². The van der Waals surface area contributed by atoms with E-state index in [2.05, 4.69) is 34.6 Å². The van der Waals surface area contributed by atoms with E-state index in [1.165, 1.54) is 11.1 Å². The smallest absolute Gasteiger partial charge is 0.237 e. The molecule has 6 heteroatoms. The van der Waals surface area contributed by atoms with Gasteiger partial charge in [0, 0.05) is 19.6 Å². The Labute approximate surface area is 174 Å². The lowest BCUT2D eigenvalue weighted by Gasteiger charge is -2.35. The van der Waals surface area contributed by atoms with Crippen molar-refractivity contribution in [3.05, 3.63) is 35.4 Å². The van der Waals surface area contributed by atoms with Crippen molar-refractivity contribution in [2.45, 2.75) is 56.9 Å². The summed E-state index contributed by atoms with van der Waals surface area (Å²) in [5.41, 5.74) is 2.13. The Kier molecular flexibility index (Phi) is 6.66. The Balaban J connectivity index is 0.00000225. The second kappa shape index (κ2) is 8.83. The predicted molar refractivity (Wildman–Crippen MR) is 113 cm³/mol. The van der Waals surface area contributed by atoms with Crippen molar-refractivity contribution in [1.29, 1.82) is 0 Å². The summed E-state index contributed by atoms with van der Waals surface area (Å²) in [6.07, 6.45) is 6.03. The Bertz CT molecular complexity index is 713. The maximum Gasteiger partial charge on any atom is 0.237 e. The third kappa shape index (κ3) is 4.20. The molecule has 5 nitrogen and oxygen atoms in total. The van der Waals surface area contributed by atoms with Gasteiger partial charge < -0.3 is 15.5 Å². The Morgan fingerprint density at radius 1 is 1.21 bits per heavy atom. The highest BCUT2D eigenvalue weighted by atomic mass is 35.5. The van der Waals surface area contributed by atoms with Gasteiger partial charge in [-0.2, -0.15) is 0 Å². The number of carbonyl (C=O) groups excluding carboxylic acids is 2. The summed E-state index contributed by atoms with van der Waals surface area (Å²) in [5.74, 6) is 0.778. The zero-order valence-corrected chi connectivity index (χ0v) is 17.5. The number of carbonyl (C=O) groups is 2. The van der Waals surface area contributed by atoms with E-state index >= 15 is 0 Å². The van der Waals surface area contributed by atoms with Gasteiger partial charge in [0.15, 0.2) is 0 Å². The fourth-order valence-corrected chi connectivity index (χ4v) is 4.83. The fraction of sp³-hybridized carbons (Fsp3) is 0.636.